The van der Waals surface area contributed by atoms with E-state index in [1.165, 1.54) is 68.8 Å². The predicted molar refractivity (Wildman–Crippen MR) is 408 cm³/mol. The monoisotopic (exact) mass is 1660 g/mol. The Balaban J connectivity index is 0.871. The SMILES string of the molecule is Cc1c(N)nc([C@@H](CC[C@H](N)C(N)=O)CC(N)=O)nc1C(=O)N[C@H](C(=O)N[C@H](C)[C@@H](O)[C@H](C)C(=O)C[C@H](C(=O)NCCc1nc(-c2nc(C(=O)NCCCNCCCCNC(=O)CCCC[C@@H]3SC[C@@H]4NC(=O)N[C@@H]43)cs2)cs1)[C@@H](C)O)[C@@H](OC1OC(CO)C(O)C(O)C1OC1OC(CO)C(O)C(OC(N)=O)C1O)c1cc[nH]c1. The van der Waals surface area contributed by atoms with Crippen LogP contribution in [-0.4, -0.2) is 286 Å². The number of fused-ring (bicyclic) bond motifs is 1. The van der Waals surface area contributed by atoms with Gasteiger partial charge < -0.3 is 141 Å². The van der Waals surface area contributed by atoms with Crippen molar-refractivity contribution in [1.29, 1.82) is 0 Å². The van der Waals surface area contributed by atoms with Gasteiger partial charge in [0.15, 0.2) is 18.7 Å². The molecule has 114 heavy (non-hydrogen) atoms. The van der Waals surface area contributed by atoms with E-state index in [-0.39, 0.29) is 84.2 Å². The molecule has 4 aromatic rings. The van der Waals surface area contributed by atoms with Crippen LogP contribution in [0.1, 0.15) is 146 Å². The van der Waals surface area contributed by atoms with Crippen molar-refractivity contribution in [2.24, 2.45) is 34.8 Å². The van der Waals surface area contributed by atoms with E-state index in [4.69, 9.17) is 52.4 Å². The highest BCUT2D eigenvalue weighted by molar-refractivity contribution is 8.00. The number of aromatic nitrogens is 5. The first-order valence-corrected chi connectivity index (χ1v) is 40.3. The number of nitrogens with zero attached hydrogens (tertiary/aromatic N) is 4. The Kier molecular flexibility index (Phi) is 34.9. The smallest absolute Gasteiger partial charge is 0.404 e. The van der Waals surface area contributed by atoms with Crippen LogP contribution in [0.3, 0.4) is 0 Å². The van der Waals surface area contributed by atoms with Crippen LogP contribution >= 0.6 is 34.4 Å². The summed E-state index contributed by atoms with van der Waals surface area (Å²) in [7, 11) is 0. The second kappa shape index (κ2) is 43.6. The highest BCUT2D eigenvalue weighted by atomic mass is 32.2. The number of aromatic amines is 1. The first kappa shape index (κ1) is 91.2. The van der Waals surface area contributed by atoms with E-state index in [0.717, 1.165) is 44.4 Å². The maximum absolute atomic E-state index is 15.3. The minimum absolute atomic E-state index is 0.0146. The number of Topliss-reactive ketones (excluding diaryl/α,β-unsaturated/α-hetero) is 1. The van der Waals surface area contributed by atoms with E-state index < -0.39 is 189 Å². The Labute approximate surface area is 667 Å². The Bertz CT molecular complexity index is 3890. The summed E-state index contributed by atoms with van der Waals surface area (Å²) in [6.45, 7) is 5.70. The van der Waals surface area contributed by atoms with Gasteiger partial charge in [-0.3, -0.25) is 38.4 Å². The number of urea groups is 1. The quantitative estimate of drug-likeness (QED) is 0.0147. The number of carbonyl (C=O) groups excluding carboxylic acids is 10. The van der Waals surface area contributed by atoms with Crippen molar-refractivity contribution < 1.29 is 112 Å². The Hall–Kier alpha value is -8.29. The topological polar surface area (TPSA) is 672 Å². The number of ketones is 1. The van der Waals surface area contributed by atoms with Crippen LogP contribution in [0.5, 0.6) is 0 Å². The summed E-state index contributed by atoms with van der Waals surface area (Å²) >= 11 is 4.38. The number of carbonyl (C=O) groups is 10. The Morgan fingerprint density at radius 1 is 0.746 bits per heavy atom. The van der Waals surface area contributed by atoms with E-state index in [1.807, 2.05) is 11.8 Å². The van der Waals surface area contributed by atoms with Gasteiger partial charge in [0.1, 0.15) is 94.4 Å². The van der Waals surface area contributed by atoms with Crippen molar-refractivity contribution in [2.45, 2.75) is 226 Å². The van der Waals surface area contributed by atoms with E-state index >= 15 is 9.59 Å². The van der Waals surface area contributed by atoms with E-state index in [0.29, 0.717) is 53.4 Å². The third-order valence-electron chi connectivity index (χ3n) is 20.1. The molecule has 4 aliphatic heterocycles. The predicted octanol–water partition coefficient (Wildman–Crippen LogP) is -4.44. The lowest BCUT2D eigenvalue weighted by Crippen LogP contribution is -2.65. The zero-order valence-electron chi connectivity index (χ0n) is 63.3. The first-order valence-electron chi connectivity index (χ1n) is 37.5. The number of amides is 10. The van der Waals surface area contributed by atoms with Gasteiger partial charge in [0.25, 0.3) is 11.8 Å². The Morgan fingerprint density at radius 3 is 2.15 bits per heavy atom. The number of aliphatic hydroxyl groups is 8. The van der Waals surface area contributed by atoms with Gasteiger partial charge in [-0.1, -0.05) is 13.3 Å². The minimum Gasteiger partial charge on any atom is -0.441 e. The third kappa shape index (κ3) is 25.1. The molecule has 8 heterocycles. The normalized spacial score (nSPS) is 25.0. The lowest BCUT2D eigenvalue weighted by Gasteiger charge is -2.47. The number of nitrogens with two attached hydrogens (primary N) is 5. The van der Waals surface area contributed by atoms with Gasteiger partial charge in [0.2, 0.25) is 29.5 Å². The molecule has 0 aromatic carbocycles. The lowest BCUT2D eigenvalue weighted by molar-refractivity contribution is -0.372. The van der Waals surface area contributed by atoms with Crippen LogP contribution in [0.15, 0.2) is 29.2 Å². The van der Waals surface area contributed by atoms with Crippen molar-refractivity contribution in [2.75, 3.05) is 57.4 Å². The summed E-state index contributed by atoms with van der Waals surface area (Å²) < 4.78 is 29.0. The minimum atomic E-state index is -2.18. The van der Waals surface area contributed by atoms with E-state index in [1.54, 1.807) is 10.8 Å². The number of nitrogen functional groups attached to an aromatic ring is 1. The van der Waals surface area contributed by atoms with Gasteiger partial charge in [-0.2, -0.15) is 11.8 Å². The van der Waals surface area contributed by atoms with Crippen LogP contribution in [0.25, 0.3) is 10.7 Å². The number of unbranched alkanes of at least 4 members (excludes halogenated alkanes) is 2. The van der Waals surface area contributed by atoms with Crippen LogP contribution in [0.2, 0.25) is 0 Å². The number of thioether (sulfide) groups is 1. The van der Waals surface area contributed by atoms with Gasteiger partial charge in [-0.25, -0.2) is 29.5 Å². The van der Waals surface area contributed by atoms with Crippen LogP contribution in [0.4, 0.5) is 15.4 Å². The molecule has 10 amide bonds. The lowest BCUT2D eigenvalue weighted by atomic mass is 9.87. The van der Waals surface area contributed by atoms with Gasteiger partial charge in [-0.05, 0) is 84.9 Å². The molecule has 27 N–H and O–H groups in total. The first-order chi connectivity index (χ1) is 54.3. The molecule has 8 rings (SSSR count). The number of primary amides is 3. The number of thiazole rings is 2. The molecule has 41 nitrogen and oxygen atoms in total. The zero-order chi connectivity index (χ0) is 83.2. The number of H-pyrrole nitrogens is 1. The fourth-order valence-corrected chi connectivity index (χ4v) is 16.6. The molecule has 4 aliphatic rings. The summed E-state index contributed by atoms with van der Waals surface area (Å²) in [5.74, 6) is -9.29. The van der Waals surface area contributed by atoms with Crippen LogP contribution in [-0.2, 0) is 58.9 Å². The van der Waals surface area contributed by atoms with Crippen LogP contribution < -0.4 is 71.2 Å². The molecule has 0 bridgehead atoms. The van der Waals surface area contributed by atoms with Crippen molar-refractivity contribution in [3.05, 3.63) is 62.6 Å². The standard InChI is InChI=1S/C70H106N18O23S3/c1-30(41(92)23-36(33(4)91)62(101)80-21-15-47-82-40(29-113-47)66-83-39(28-114-66)63(102)79-19-9-17-76-16-7-8-18-78-46(94)11-6-5-10-44-49-38(27-112-44)84-70(106)87-49)51(95)32(3)81-65(104)50(86-64(103)48-31(2)59(73)88-61(85-48)34(22-45(72)93)12-13-37(71)60(74)100)56(35-14-20-77-24-35)109-68-58(54(98)52(96)42(25-89)108-68)110-67-55(99)57(111-69(75)105)53(97)43(26-90)107-67/h14,20,24,28-30,32-34,36-38,42-44,49-58,67-68,76-77,89-91,95-99H,5-13,15-19,21-23,25-27,71H2,1-4H3,(H2,72,93)(H2,74,100)(H2,75,105)(H,78,94)(H,79,102)(H,80,101)(H,81,104)(H,86,103)(H2,73,85,88)(H2,84,87,106)/t30-,32-,33-,34+,36+,37+,38+,42?,43?,44+,49+,50+,51+,52?,53?,54?,55?,56+,57?,58?,67?,68?/m1/s1. The number of aliphatic hydroxyl groups excluding tert-OH is 8. The summed E-state index contributed by atoms with van der Waals surface area (Å²) in [5, 5.41) is 116. The average molecular weight is 1660 g/mol. The van der Waals surface area contributed by atoms with Crippen molar-refractivity contribution in [3.8, 4) is 10.7 Å². The molecule has 632 valence electrons. The summed E-state index contributed by atoms with van der Waals surface area (Å²) in [4.78, 5) is 152. The molecule has 4 saturated heterocycles. The van der Waals surface area contributed by atoms with Crippen molar-refractivity contribution in [3.63, 3.8) is 0 Å². The fraction of sp³-hybridized carbons (Fsp3) is 0.657. The summed E-state index contributed by atoms with van der Waals surface area (Å²) in [5.41, 5.74) is 28.6. The zero-order valence-corrected chi connectivity index (χ0v) is 65.8. The highest BCUT2D eigenvalue weighted by Gasteiger charge is 2.54. The van der Waals surface area contributed by atoms with Crippen LogP contribution in [0, 0.1) is 18.8 Å². The fourth-order valence-electron chi connectivity index (χ4n) is 13.4. The molecule has 0 radical (unpaired) electrons. The molecule has 0 saturated carbocycles. The van der Waals surface area contributed by atoms with Gasteiger partial charge >= 0.3 is 12.1 Å². The highest BCUT2D eigenvalue weighted by Crippen LogP contribution is 2.37. The molecule has 22 atom stereocenters. The molecule has 10 unspecified atom stereocenters. The summed E-state index contributed by atoms with van der Waals surface area (Å²) in [6, 6.07) is -3.14. The second-order valence-electron chi connectivity index (χ2n) is 28.5. The molecule has 0 spiro atoms. The molecule has 44 heteroatoms. The number of anilines is 1. The van der Waals surface area contributed by atoms with Crippen molar-refractivity contribution in [1.82, 2.24) is 67.5 Å². The molecular formula is C70H106N18O23S3. The molecule has 4 fully saturated rings. The van der Waals surface area contributed by atoms with E-state index in [2.05, 4.69) is 67.5 Å². The molecule has 0 aliphatic carbocycles. The van der Waals surface area contributed by atoms with Crippen molar-refractivity contribution >= 4 is 99.5 Å². The van der Waals surface area contributed by atoms with Gasteiger partial charge in [0.05, 0.1) is 60.5 Å². The maximum atomic E-state index is 15.3. The largest absolute Gasteiger partial charge is 0.441 e. The van der Waals surface area contributed by atoms with Gasteiger partial charge in [0, 0.05) is 102 Å². The number of nitrogens with one attached hydrogen (secondary N) is 9. The number of ether oxygens (including phenoxy) is 5. The third-order valence-corrected chi connectivity index (χ3v) is 23.4. The summed E-state index contributed by atoms with van der Waals surface area (Å²) in [6.07, 6.45) is -19.3. The molecule has 4 aromatic heterocycles. The number of rotatable bonds is 46. The maximum Gasteiger partial charge on any atom is 0.404 e. The average Bonchev–Trinajstić information content (AvgIpc) is 1.21. The Morgan fingerprint density at radius 2 is 1.46 bits per heavy atom. The number of hydrogen-bond donors (Lipinski definition) is 22. The van der Waals surface area contributed by atoms with E-state index in [9.17, 15) is 79.2 Å². The number of hydrogen-bond acceptors (Lipinski definition) is 33. The van der Waals surface area contributed by atoms with Gasteiger partial charge in [-0.15, -0.1) is 22.7 Å². The molecular weight excluding hydrogens is 1560 g/mol. The second-order valence-corrected chi connectivity index (χ2v) is 31.6.